The van der Waals surface area contributed by atoms with E-state index >= 15 is 0 Å². The van der Waals surface area contributed by atoms with E-state index in [0.717, 1.165) is 10.9 Å². The molecular weight excluding hydrogens is 308 g/mol. The Morgan fingerprint density at radius 3 is 2.58 bits per heavy atom. The summed E-state index contributed by atoms with van der Waals surface area (Å²) in [6.45, 7) is 6.12. The fourth-order valence-corrected chi connectivity index (χ4v) is 2.43. The highest BCUT2D eigenvalue weighted by molar-refractivity contribution is 5.99. The normalized spacial score (nSPS) is 12.8. The predicted molar refractivity (Wildman–Crippen MR) is 92.4 cm³/mol. The Balaban J connectivity index is 2.13. The number of carboxylic acid groups (broad SMARTS) is 1. The second-order valence-electron chi connectivity index (χ2n) is 7.10. The number of methoxy groups -OCH3 is 1. The van der Waals surface area contributed by atoms with Gasteiger partial charge in [0.25, 0.3) is 5.91 Å². The molecule has 24 heavy (non-hydrogen) atoms. The van der Waals surface area contributed by atoms with E-state index in [4.69, 9.17) is 4.74 Å². The zero-order valence-corrected chi connectivity index (χ0v) is 14.5. The van der Waals surface area contributed by atoms with E-state index in [1.807, 2.05) is 32.9 Å². The van der Waals surface area contributed by atoms with E-state index in [1.165, 1.54) is 0 Å². The number of aliphatic carboxylic acids is 1. The van der Waals surface area contributed by atoms with Gasteiger partial charge < -0.3 is 20.1 Å². The van der Waals surface area contributed by atoms with Crippen molar-refractivity contribution in [2.24, 2.45) is 5.41 Å². The number of aromatic nitrogens is 1. The van der Waals surface area contributed by atoms with Crippen LogP contribution in [0.4, 0.5) is 0 Å². The molecule has 6 nitrogen and oxygen atoms in total. The number of hydrogen-bond donors (Lipinski definition) is 3. The zero-order valence-electron chi connectivity index (χ0n) is 14.5. The number of ether oxygens (including phenoxy) is 1. The monoisotopic (exact) mass is 332 g/mol. The SMILES string of the molecule is COc1ccc2[nH]c(C(=O)NC(CCC(C)(C)C)C(=O)O)cc2c1. The molecule has 0 radical (unpaired) electrons. The van der Waals surface area contributed by atoms with Crippen molar-refractivity contribution >= 4 is 22.8 Å². The average Bonchev–Trinajstić information content (AvgIpc) is 2.92. The number of carboxylic acids is 1. The molecule has 1 amide bonds. The van der Waals surface area contributed by atoms with Crippen LogP contribution in [0.2, 0.25) is 0 Å². The number of carbonyl (C=O) groups is 2. The van der Waals surface area contributed by atoms with Crippen molar-refractivity contribution in [1.29, 1.82) is 0 Å². The predicted octanol–water partition coefficient (Wildman–Crippen LogP) is 3.19. The number of hydrogen-bond acceptors (Lipinski definition) is 3. The molecule has 3 N–H and O–H groups in total. The molecule has 0 aliphatic heterocycles. The number of nitrogens with one attached hydrogen (secondary N) is 2. The molecule has 130 valence electrons. The van der Waals surface area contributed by atoms with E-state index in [2.05, 4.69) is 10.3 Å². The molecule has 2 aromatic rings. The molecule has 0 fully saturated rings. The summed E-state index contributed by atoms with van der Waals surface area (Å²) in [5.41, 5.74) is 1.14. The largest absolute Gasteiger partial charge is 0.497 e. The van der Waals surface area contributed by atoms with Gasteiger partial charge in [-0.25, -0.2) is 4.79 Å². The summed E-state index contributed by atoms with van der Waals surface area (Å²) >= 11 is 0. The maximum atomic E-state index is 12.4. The Labute approximate surface area is 141 Å². The number of benzene rings is 1. The van der Waals surface area contributed by atoms with Crippen LogP contribution in [-0.2, 0) is 4.79 Å². The second-order valence-corrected chi connectivity index (χ2v) is 7.10. The summed E-state index contributed by atoms with van der Waals surface area (Å²) in [5, 5.41) is 12.8. The van der Waals surface area contributed by atoms with Gasteiger partial charge in [-0.2, -0.15) is 0 Å². The Morgan fingerprint density at radius 2 is 2.00 bits per heavy atom. The first-order valence-corrected chi connectivity index (χ1v) is 7.90. The van der Waals surface area contributed by atoms with Gasteiger partial charge in [0.15, 0.2) is 0 Å². The third-order valence-electron chi connectivity index (χ3n) is 3.86. The van der Waals surface area contributed by atoms with Gasteiger partial charge in [-0.3, -0.25) is 4.79 Å². The van der Waals surface area contributed by atoms with Gasteiger partial charge in [0.05, 0.1) is 7.11 Å². The smallest absolute Gasteiger partial charge is 0.326 e. The van der Waals surface area contributed by atoms with Gasteiger partial charge in [-0.15, -0.1) is 0 Å². The summed E-state index contributed by atoms with van der Waals surface area (Å²) in [6, 6.07) is 6.22. The number of carbonyl (C=O) groups excluding carboxylic acids is 1. The lowest BCUT2D eigenvalue weighted by atomic mass is 9.88. The molecule has 1 atom stereocenters. The first-order chi connectivity index (χ1) is 11.2. The molecule has 0 aliphatic rings. The second kappa shape index (κ2) is 6.95. The topological polar surface area (TPSA) is 91.4 Å². The fourth-order valence-electron chi connectivity index (χ4n) is 2.43. The summed E-state index contributed by atoms with van der Waals surface area (Å²) < 4.78 is 5.16. The lowest BCUT2D eigenvalue weighted by molar-refractivity contribution is -0.139. The molecular formula is C18H24N2O4. The molecule has 1 unspecified atom stereocenters. The molecule has 1 aromatic carbocycles. The van der Waals surface area contributed by atoms with Crippen LogP contribution in [0.15, 0.2) is 24.3 Å². The summed E-state index contributed by atoms with van der Waals surface area (Å²) in [6.07, 6.45) is 1.09. The van der Waals surface area contributed by atoms with Gasteiger partial charge in [0.2, 0.25) is 0 Å². The van der Waals surface area contributed by atoms with E-state index in [-0.39, 0.29) is 5.41 Å². The minimum Gasteiger partial charge on any atom is -0.497 e. The highest BCUT2D eigenvalue weighted by atomic mass is 16.5. The number of rotatable bonds is 6. The molecule has 1 heterocycles. The molecule has 0 spiro atoms. The van der Waals surface area contributed by atoms with Crippen LogP contribution < -0.4 is 10.1 Å². The van der Waals surface area contributed by atoms with Gasteiger partial charge in [-0.05, 0) is 42.5 Å². The highest BCUT2D eigenvalue weighted by Crippen LogP contribution is 2.23. The molecule has 0 saturated carbocycles. The van der Waals surface area contributed by atoms with Crippen LogP contribution in [0.3, 0.4) is 0 Å². The van der Waals surface area contributed by atoms with Crippen LogP contribution in [-0.4, -0.2) is 35.1 Å². The van der Waals surface area contributed by atoms with Crippen molar-refractivity contribution in [1.82, 2.24) is 10.3 Å². The minimum absolute atomic E-state index is 0.0100. The fraction of sp³-hybridized carbons (Fsp3) is 0.444. The van der Waals surface area contributed by atoms with Crippen molar-refractivity contribution in [2.45, 2.75) is 39.7 Å². The Kier molecular flexibility index (Phi) is 5.17. The molecule has 0 saturated heterocycles. The van der Waals surface area contributed by atoms with E-state index in [9.17, 15) is 14.7 Å². The molecule has 1 aromatic heterocycles. The molecule has 0 aliphatic carbocycles. The maximum absolute atomic E-state index is 12.4. The number of fused-ring (bicyclic) bond motifs is 1. The first-order valence-electron chi connectivity index (χ1n) is 7.90. The summed E-state index contributed by atoms with van der Waals surface area (Å²) in [5.74, 6) is -0.751. The Bertz CT molecular complexity index is 743. The minimum atomic E-state index is -1.02. The van der Waals surface area contributed by atoms with Crippen LogP contribution >= 0.6 is 0 Å². The van der Waals surface area contributed by atoms with Gasteiger partial charge in [0.1, 0.15) is 17.5 Å². The van der Waals surface area contributed by atoms with Crippen molar-refractivity contribution in [3.8, 4) is 5.75 Å². The van der Waals surface area contributed by atoms with Crippen LogP contribution in [0.5, 0.6) is 5.75 Å². The molecule has 2 rings (SSSR count). The average molecular weight is 332 g/mol. The van der Waals surface area contributed by atoms with Crippen molar-refractivity contribution < 1.29 is 19.4 Å². The lowest BCUT2D eigenvalue weighted by Crippen LogP contribution is -2.41. The van der Waals surface area contributed by atoms with Crippen molar-refractivity contribution in [3.05, 3.63) is 30.0 Å². The van der Waals surface area contributed by atoms with Crippen molar-refractivity contribution in [3.63, 3.8) is 0 Å². The van der Waals surface area contributed by atoms with Crippen molar-refractivity contribution in [2.75, 3.05) is 7.11 Å². The maximum Gasteiger partial charge on any atom is 0.326 e. The van der Waals surface area contributed by atoms with E-state index < -0.39 is 17.9 Å². The first kappa shape index (κ1) is 17.8. The number of aromatic amines is 1. The van der Waals surface area contributed by atoms with E-state index in [0.29, 0.717) is 24.3 Å². The quantitative estimate of drug-likeness (QED) is 0.757. The Morgan fingerprint density at radius 1 is 1.29 bits per heavy atom. The van der Waals surface area contributed by atoms with Gasteiger partial charge >= 0.3 is 5.97 Å². The van der Waals surface area contributed by atoms with Gasteiger partial charge in [0, 0.05) is 10.9 Å². The standard InChI is InChI=1S/C18H24N2O4/c1-18(2,3)8-7-14(17(22)23)20-16(21)15-10-11-9-12(24-4)5-6-13(11)19-15/h5-6,9-10,14,19H,7-8H2,1-4H3,(H,20,21)(H,22,23). The Hall–Kier alpha value is -2.50. The van der Waals surface area contributed by atoms with Crippen LogP contribution in [0.25, 0.3) is 10.9 Å². The lowest BCUT2D eigenvalue weighted by Gasteiger charge is -2.21. The summed E-state index contributed by atoms with van der Waals surface area (Å²) in [4.78, 5) is 26.8. The highest BCUT2D eigenvalue weighted by Gasteiger charge is 2.24. The third-order valence-corrected chi connectivity index (χ3v) is 3.86. The third kappa shape index (κ3) is 4.50. The van der Waals surface area contributed by atoms with Crippen LogP contribution in [0.1, 0.15) is 44.1 Å². The number of H-pyrrole nitrogens is 1. The number of amides is 1. The molecule has 0 bridgehead atoms. The van der Waals surface area contributed by atoms with Gasteiger partial charge in [-0.1, -0.05) is 20.8 Å². The van der Waals surface area contributed by atoms with Crippen LogP contribution in [0, 0.1) is 5.41 Å². The zero-order chi connectivity index (χ0) is 17.9. The molecule has 6 heteroatoms. The summed E-state index contributed by atoms with van der Waals surface area (Å²) in [7, 11) is 1.58. The van der Waals surface area contributed by atoms with E-state index in [1.54, 1.807) is 19.2 Å².